The Hall–Kier alpha value is -3.39. The number of benzene rings is 3. The van der Waals surface area contributed by atoms with Gasteiger partial charge in [-0.25, -0.2) is 0 Å². The maximum Gasteiger partial charge on any atom is 0.269 e. The fourth-order valence-corrected chi connectivity index (χ4v) is 2.86. The Morgan fingerprint density at radius 2 is 1.80 bits per heavy atom. The zero-order chi connectivity index (χ0) is 21.3. The summed E-state index contributed by atoms with van der Waals surface area (Å²) in [4.78, 5) is 15.6. The second-order valence-corrected chi connectivity index (χ2v) is 7.18. The number of hydrogen-bond acceptors (Lipinski definition) is 6. The lowest BCUT2D eigenvalue weighted by molar-refractivity contribution is -0.384. The van der Waals surface area contributed by atoms with Gasteiger partial charge < -0.3 is 14.3 Å². The van der Waals surface area contributed by atoms with E-state index in [2.05, 4.69) is 21.1 Å². The van der Waals surface area contributed by atoms with Crippen molar-refractivity contribution in [2.45, 2.75) is 13.2 Å². The molecular weight excluding hydrogens is 452 g/mol. The second-order valence-electron chi connectivity index (χ2n) is 6.26. The lowest BCUT2D eigenvalue weighted by Crippen LogP contribution is -1.98. The van der Waals surface area contributed by atoms with E-state index in [0.717, 1.165) is 15.6 Å². The maximum absolute atomic E-state index is 10.8. The monoisotopic (exact) mass is 470 g/mol. The summed E-state index contributed by atoms with van der Waals surface area (Å²) >= 11 is 3.41. The van der Waals surface area contributed by atoms with Gasteiger partial charge in [0, 0.05) is 22.2 Å². The van der Waals surface area contributed by atoms with Crippen molar-refractivity contribution in [3.63, 3.8) is 0 Å². The van der Waals surface area contributed by atoms with Crippen LogP contribution in [0.4, 0.5) is 5.69 Å². The maximum atomic E-state index is 10.8. The Morgan fingerprint density at radius 3 is 2.53 bits per heavy atom. The number of methoxy groups -OCH3 is 1. The summed E-state index contributed by atoms with van der Waals surface area (Å²) in [5, 5.41) is 14.7. The Balaban J connectivity index is 1.58. The number of nitrogens with zero attached hydrogens (tertiary/aromatic N) is 2. The van der Waals surface area contributed by atoms with Crippen molar-refractivity contribution in [3.05, 3.63) is 98.0 Å². The third kappa shape index (κ3) is 6.05. The van der Waals surface area contributed by atoms with Gasteiger partial charge in [0.25, 0.3) is 5.69 Å². The summed E-state index contributed by atoms with van der Waals surface area (Å²) in [5.74, 6) is 1.20. The summed E-state index contributed by atoms with van der Waals surface area (Å²) in [6, 6.07) is 19.5. The van der Waals surface area contributed by atoms with Gasteiger partial charge in [0.05, 0.1) is 18.2 Å². The van der Waals surface area contributed by atoms with Crippen molar-refractivity contribution in [3.8, 4) is 11.5 Å². The molecule has 0 N–H and O–H groups in total. The van der Waals surface area contributed by atoms with E-state index in [1.807, 2.05) is 30.3 Å². The number of halogens is 1. The van der Waals surface area contributed by atoms with Crippen molar-refractivity contribution in [2.24, 2.45) is 5.16 Å². The van der Waals surface area contributed by atoms with E-state index in [4.69, 9.17) is 14.3 Å². The number of non-ortho nitro benzene ring substituents is 1. The predicted octanol–water partition coefficient (Wildman–Crippen LogP) is 5.50. The van der Waals surface area contributed by atoms with Crippen LogP contribution in [0.25, 0.3) is 0 Å². The van der Waals surface area contributed by atoms with E-state index >= 15 is 0 Å². The van der Waals surface area contributed by atoms with Crippen LogP contribution in [0.1, 0.15) is 16.7 Å². The first-order chi connectivity index (χ1) is 14.5. The fraction of sp³-hybridized carbons (Fsp3) is 0.136. The topological polar surface area (TPSA) is 83.2 Å². The van der Waals surface area contributed by atoms with Gasteiger partial charge in [-0.2, -0.15) is 0 Å². The molecule has 0 amide bonds. The minimum Gasteiger partial charge on any atom is -0.493 e. The van der Waals surface area contributed by atoms with Crippen LogP contribution in [0.3, 0.4) is 0 Å². The first-order valence-corrected chi connectivity index (χ1v) is 9.78. The molecule has 0 saturated carbocycles. The Labute approximate surface area is 182 Å². The third-order valence-electron chi connectivity index (χ3n) is 4.12. The largest absolute Gasteiger partial charge is 0.493 e. The quantitative estimate of drug-likeness (QED) is 0.234. The summed E-state index contributed by atoms with van der Waals surface area (Å²) in [6.07, 6.45) is 1.54. The molecule has 0 atom stereocenters. The Bertz CT molecular complexity index is 1040. The van der Waals surface area contributed by atoms with Crippen LogP contribution in [0.5, 0.6) is 11.5 Å². The molecule has 0 radical (unpaired) electrons. The summed E-state index contributed by atoms with van der Waals surface area (Å²) in [5.41, 5.74) is 2.49. The average molecular weight is 471 g/mol. The zero-order valence-corrected chi connectivity index (χ0v) is 17.7. The van der Waals surface area contributed by atoms with Crippen LogP contribution in [-0.2, 0) is 18.1 Å². The van der Waals surface area contributed by atoms with Crippen molar-refractivity contribution in [1.82, 2.24) is 0 Å². The average Bonchev–Trinajstić information content (AvgIpc) is 2.77. The fourth-order valence-electron chi connectivity index (χ4n) is 2.60. The molecule has 8 heteroatoms. The highest BCUT2D eigenvalue weighted by Gasteiger charge is 2.07. The molecule has 0 fully saturated rings. The molecule has 154 valence electrons. The lowest BCUT2D eigenvalue weighted by atomic mass is 10.2. The van der Waals surface area contributed by atoms with Crippen molar-refractivity contribution < 1.29 is 19.2 Å². The normalized spacial score (nSPS) is 10.7. The van der Waals surface area contributed by atoms with Gasteiger partial charge >= 0.3 is 0 Å². The van der Waals surface area contributed by atoms with Crippen molar-refractivity contribution in [2.75, 3.05) is 7.11 Å². The number of oxime groups is 1. The molecule has 0 aliphatic heterocycles. The van der Waals surface area contributed by atoms with E-state index in [-0.39, 0.29) is 12.3 Å². The van der Waals surface area contributed by atoms with Gasteiger partial charge in [0.2, 0.25) is 0 Å². The molecule has 0 unspecified atom stereocenters. The van der Waals surface area contributed by atoms with E-state index in [9.17, 15) is 10.1 Å². The molecule has 3 aromatic carbocycles. The molecule has 0 aromatic heterocycles. The summed E-state index contributed by atoms with van der Waals surface area (Å²) in [6.45, 7) is 0.549. The van der Waals surface area contributed by atoms with Gasteiger partial charge in [-0.15, -0.1) is 0 Å². The number of nitro benzene ring substituents is 1. The molecule has 0 saturated heterocycles. The first-order valence-electron chi connectivity index (χ1n) is 8.99. The van der Waals surface area contributed by atoms with Gasteiger partial charge in [-0.05, 0) is 41.5 Å². The molecule has 0 spiro atoms. The molecule has 3 rings (SSSR count). The molecular formula is C22H19BrN2O5. The van der Waals surface area contributed by atoms with Gasteiger partial charge in [-0.3, -0.25) is 10.1 Å². The standard InChI is InChI=1S/C22H19BrN2O5/c1-28-22-12-17(7-10-21(22)29-14-16-5-8-19(23)9-6-16)13-24-30-15-18-3-2-4-20(11-18)25(26)27/h2-13H,14-15H2,1H3/b24-13-. The van der Waals surface area contributed by atoms with Crippen LogP contribution < -0.4 is 9.47 Å². The molecule has 0 aliphatic carbocycles. The van der Waals surface area contributed by atoms with Crippen LogP contribution in [0, 0.1) is 10.1 Å². The number of ether oxygens (including phenoxy) is 2. The van der Waals surface area contributed by atoms with Gasteiger partial charge in [0.15, 0.2) is 11.5 Å². The Kier molecular flexibility index (Phi) is 7.40. The summed E-state index contributed by atoms with van der Waals surface area (Å²) in [7, 11) is 1.57. The second kappa shape index (κ2) is 10.4. The zero-order valence-electron chi connectivity index (χ0n) is 16.2. The SMILES string of the molecule is COc1cc(/C=N\OCc2cccc([N+](=O)[O-])c2)ccc1OCc1ccc(Br)cc1. The first kappa shape index (κ1) is 21.3. The van der Waals surface area contributed by atoms with Crippen LogP contribution in [0.15, 0.2) is 76.4 Å². The van der Waals surface area contributed by atoms with Gasteiger partial charge in [0.1, 0.15) is 13.2 Å². The molecule has 30 heavy (non-hydrogen) atoms. The minimum absolute atomic E-state index is 0.0172. The van der Waals surface area contributed by atoms with E-state index in [0.29, 0.717) is 23.7 Å². The third-order valence-corrected chi connectivity index (χ3v) is 4.65. The summed E-state index contributed by atoms with van der Waals surface area (Å²) < 4.78 is 12.3. The lowest BCUT2D eigenvalue weighted by Gasteiger charge is -2.11. The molecule has 7 nitrogen and oxygen atoms in total. The molecule has 3 aromatic rings. The van der Waals surface area contributed by atoms with E-state index in [1.54, 1.807) is 37.6 Å². The van der Waals surface area contributed by atoms with Gasteiger partial charge in [-0.1, -0.05) is 45.4 Å². The minimum atomic E-state index is -0.445. The van der Waals surface area contributed by atoms with Crippen molar-refractivity contribution >= 4 is 27.8 Å². The smallest absolute Gasteiger partial charge is 0.269 e. The highest BCUT2D eigenvalue weighted by Crippen LogP contribution is 2.28. The van der Waals surface area contributed by atoms with Crippen molar-refractivity contribution in [1.29, 1.82) is 0 Å². The number of rotatable bonds is 9. The Morgan fingerprint density at radius 1 is 1.00 bits per heavy atom. The highest BCUT2D eigenvalue weighted by atomic mass is 79.9. The number of hydrogen-bond donors (Lipinski definition) is 0. The van der Waals surface area contributed by atoms with E-state index < -0.39 is 4.92 Å². The predicted molar refractivity (Wildman–Crippen MR) is 117 cm³/mol. The molecule has 0 aliphatic rings. The number of nitro groups is 1. The molecule has 0 bridgehead atoms. The van der Waals surface area contributed by atoms with Crippen LogP contribution in [0.2, 0.25) is 0 Å². The molecule has 0 heterocycles. The van der Waals surface area contributed by atoms with E-state index in [1.165, 1.54) is 12.1 Å². The van der Waals surface area contributed by atoms with Crippen LogP contribution >= 0.6 is 15.9 Å². The van der Waals surface area contributed by atoms with Crippen LogP contribution in [-0.4, -0.2) is 18.2 Å². The highest BCUT2D eigenvalue weighted by molar-refractivity contribution is 9.10.